The highest BCUT2D eigenvalue weighted by molar-refractivity contribution is 5.95. The summed E-state index contributed by atoms with van der Waals surface area (Å²) in [5.41, 5.74) is 1.82. The van der Waals surface area contributed by atoms with E-state index in [1.54, 1.807) is 0 Å². The molecule has 18 heavy (non-hydrogen) atoms. The van der Waals surface area contributed by atoms with Crippen molar-refractivity contribution in [3.8, 4) is 0 Å². The smallest absolute Gasteiger partial charge is 0.251 e. The van der Waals surface area contributed by atoms with Crippen LogP contribution in [0.15, 0.2) is 24.3 Å². The quantitative estimate of drug-likeness (QED) is 0.879. The summed E-state index contributed by atoms with van der Waals surface area (Å²) in [4.78, 5) is 11.9. The van der Waals surface area contributed by atoms with Gasteiger partial charge in [0, 0.05) is 12.1 Å². The Morgan fingerprint density at radius 2 is 2.22 bits per heavy atom. The zero-order valence-corrected chi connectivity index (χ0v) is 11.6. The third-order valence-corrected chi connectivity index (χ3v) is 3.39. The second-order valence-electron chi connectivity index (χ2n) is 4.72. The standard InChI is InChI=1S/C14H20N2O.ClH/c1-11-4-2-3-5-13(11)14(17)16-9-7-12-6-8-15-10-12;/h2-5,12,15H,6-10H2,1H3,(H,16,17);1H. The fraction of sp³-hybridized carbons (Fsp3) is 0.500. The topological polar surface area (TPSA) is 41.1 Å². The van der Waals surface area contributed by atoms with E-state index in [1.807, 2.05) is 31.2 Å². The summed E-state index contributed by atoms with van der Waals surface area (Å²) < 4.78 is 0. The van der Waals surface area contributed by atoms with Crippen molar-refractivity contribution >= 4 is 18.3 Å². The SMILES string of the molecule is Cc1ccccc1C(=O)NCCC1CCNC1.Cl. The molecule has 100 valence electrons. The van der Waals surface area contributed by atoms with Crippen molar-refractivity contribution in [2.45, 2.75) is 19.8 Å². The first-order valence-electron chi connectivity index (χ1n) is 6.32. The number of benzene rings is 1. The van der Waals surface area contributed by atoms with Crippen LogP contribution in [0.25, 0.3) is 0 Å². The van der Waals surface area contributed by atoms with Crippen molar-refractivity contribution in [1.29, 1.82) is 0 Å². The number of amides is 1. The molecule has 1 aromatic rings. The predicted molar refractivity (Wildman–Crippen MR) is 76.4 cm³/mol. The molecule has 1 aromatic carbocycles. The zero-order valence-electron chi connectivity index (χ0n) is 10.7. The van der Waals surface area contributed by atoms with Gasteiger partial charge in [-0.3, -0.25) is 4.79 Å². The van der Waals surface area contributed by atoms with Crippen molar-refractivity contribution in [3.63, 3.8) is 0 Å². The molecular formula is C14H21ClN2O. The molecule has 1 amide bonds. The normalized spacial score (nSPS) is 18.2. The molecule has 2 rings (SSSR count). The summed E-state index contributed by atoms with van der Waals surface area (Å²) >= 11 is 0. The van der Waals surface area contributed by atoms with Crippen LogP contribution in [0.5, 0.6) is 0 Å². The van der Waals surface area contributed by atoms with Crippen molar-refractivity contribution in [2.75, 3.05) is 19.6 Å². The number of carbonyl (C=O) groups is 1. The van der Waals surface area contributed by atoms with Crippen LogP contribution in [0.3, 0.4) is 0 Å². The molecule has 0 radical (unpaired) electrons. The van der Waals surface area contributed by atoms with Crippen LogP contribution in [0.2, 0.25) is 0 Å². The number of rotatable bonds is 4. The number of hydrogen-bond donors (Lipinski definition) is 2. The van der Waals surface area contributed by atoms with Crippen LogP contribution in [0.1, 0.15) is 28.8 Å². The average molecular weight is 269 g/mol. The maximum Gasteiger partial charge on any atom is 0.251 e. The summed E-state index contributed by atoms with van der Waals surface area (Å²) in [5.74, 6) is 0.779. The van der Waals surface area contributed by atoms with Gasteiger partial charge in [-0.1, -0.05) is 18.2 Å². The van der Waals surface area contributed by atoms with Gasteiger partial charge in [0.25, 0.3) is 5.91 Å². The maximum atomic E-state index is 11.9. The van der Waals surface area contributed by atoms with E-state index in [2.05, 4.69) is 10.6 Å². The molecule has 0 bridgehead atoms. The van der Waals surface area contributed by atoms with Crippen LogP contribution in [-0.4, -0.2) is 25.5 Å². The molecule has 1 aliphatic heterocycles. The second-order valence-corrected chi connectivity index (χ2v) is 4.72. The van der Waals surface area contributed by atoms with Gasteiger partial charge in [0.1, 0.15) is 0 Å². The number of hydrogen-bond acceptors (Lipinski definition) is 2. The Bertz CT molecular complexity index is 389. The second kappa shape index (κ2) is 7.39. The first-order valence-corrected chi connectivity index (χ1v) is 6.32. The largest absolute Gasteiger partial charge is 0.352 e. The van der Waals surface area contributed by atoms with Gasteiger partial charge in [-0.05, 0) is 50.4 Å². The molecule has 0 saturated carbocycles. The Labute approximate surface area is 115 Å². The van der Waals surface area contributed by atoms with E-state index >= 15 is 0 Å². The zero-order chi connectivity index (χ0) is 12.1. The number of aryl methyl sites for hydroxylation is 1. The van der Waals surface area contributed by atoms with Gasteiger partial charge >= 0.3 is 0 Å². The molecule has 2 N–H and O–H groups in total. The monoisotopic (exact) mass is 268 g/mol. The summed E-state index contributed by atoms with van der Waals surface area (Å²) in [7, 11) is 0. The molecule has 1 fully saturated rings. The summed E-state index contributed by atoms with van der Waals surface area (Å²) in [6, 6.07) is 7.71. The van der Waals surface area contributed by atoms with E-state index in [4.69, 9.17) is 0 Å². The minimum Gasteiger partial charge on any atom is -0.352 e. The lowest BCUT2D eigenvalue weighted by Crippen LogP contribution is -2.27. The Morgan fingerprint density at radius 3 is 2.89 bits per heavy atom. The van der Waals surface area contributed by atoms with Crippen LogP contribution >= 0.6 is 12.4 Å². The van der Waals surface area contributed by atoms with Gasteiger partial charge < -0.3 is 10.6 Å². The number of halogens is 1. The lowest BCUT2D eigenvalue weighted by Gasteiger charge is -2.10. The van der Waals surface area contributed by atoms with E-state index < -0.39 is 0 Å². The van der Waals surface area contributed by atoms with Crippen molar-refractivity contribution in [1.82, 2.24) is 10.6 Å². The van der Waals surface area contributed by atoms with Crippen LogP contribution in [0.4, 0.5) is 0 Å². The van der Waals surface area contributed by atoms with E-state index in [0.717, 1.165) is 43.1 Å². The molecule has 1 heterocycles. The van der Waals surface area contributed by atoms with E-state index in [-0.39, 0.29) is 18.3 Å². The average Bonchev–Trinajstić information content (AvgIpc) is 2.82. The highest BCUT2D eigenvalue weighted by atomic mass is 35.5. The maximum absolute atomic E-state index is 11.9. The van der Waals surface area contributed by atoms with Crippen LogP contribution < -0.4 is 10.6 Å². The van der Waals surface area contributed by atoms with Gasteiger partial charge in [-0.15, -0.1) is 12.4 Å². The van der Waals surface area contributed by atoms with E-state index in [9.17, 15) is 4.79 Å². The molecule has 4 heteroatoms. The Balaban J connectivity index is 0.00000162. The summed E-state index contributed by atoms with van der Waals surface area (Å²) in [5, 5.41) is 6.34. The molecule has 0 spiro atoms. The molecule has 1 aliphatic rings. The number of nitrogens with one attached hydrogen (secondary N) is 2. The highest BCUT2D eigenvalue weighted by Crippen LogP contribution is 2.11. The van der Waals surface area contributed by atoms with Gasteiger partial charge in [0.2, 0.25) is 0 Å². The van der Waals surface area contributed by atoms with Gasteiger partial charge in [-0.2, -0.15) is 0 Å². The Hall–Kier alpha value is -1.06. The molecule has 0 aliphatic carbocycles. The van der Waals surface area contributed by atoms with Crippen LogP contribution in [-0.2, 0) is 0 Å². The van der Waals surface area contributed by atoms with Crippen molar-refractivity contribution in [2.24, 2.45) is 5.92 Å². The minimum atomic E-state index is 0. The first kappa shape index (κ1) is 15.0. The Kier molecular flexibility index (Phi) is 6.16. The van der Waals surface area contributed by atoms with Crippen molar-refractivity contribution < 1.29 is 4.79 Å². The molecule has 0 aromatic heterocycles. The summed E-state index contributed by atoms with van der Waals surface area (Å²) in [6.07, 6.45) is 2.31. The van der Waals surface area contributed by atoms with Crippen molar-refractivity contribution in [3.05, 3.63) is 35.4 Å². The lowest BCUT2D eigenvalue weighted by atomic mass is 10.0. The fourth-order valence-corrected chi connectivity index (χ4v) is 2.27. The number of carbonyl (C=O) groups excluding carboxylic acids is 1. The van der Waals surface area contributed by atoms with E-state index in [1.165, 1.54) is 6.42 Å². The van der Waals surface area contributed by atoms with Crippen LogP contribution in [0, 0.1) is 12.8 Å². The lowest BCUT2D eigenvalue weighted by molar-refractivity contribution is 0.0951. The third kappa shape index (κ3) is 4.00. The third-order valence-electron chi connectivity index (χ3n) is 3.39. The molecule has 1 saturated heterocycles. The van der Waals surface area contributed by atoms with E-state index in [0.29, 0.717) is 0 Å². The van der Waals surface area contributed by atoms with Gasteiger partial charge in [-0.25, -0.2) is 0 Å². The molecular weight excluding hydrogens is 248 g/mol. The summed E-state index contributed by atoms with van der Waals surface area (Å²) in [6.45, 7) is 4.96. The molecule has 1 unspecified atom stereocenters. The highest BCUT2D eigenvalue weighted by Gasteiger charge is 2.14. The minimum absolute atomic E-state index is 0. The first-order chi connectivity index (χ1) is 8.27. The predicted octanol–water partition coefficient (Wildman–Crippen LogP) is 2.15. The fourth-order valence-electron chi connectivity index (χ4n) is 2.27. The van der Waals surface area contributed by atoms with Gasteiger partial charge in [0.15, 0.2) is 0 Å². The molecule has 1 atom stereocenters. The molecule has 3 nitrogen and oxygen atoms in total. The van der Waals surface area contributed by atoms with Gasteiger partial charge in [0.05, 0.1) is 0 Å². The Morgan fingerprint density at radius 1 is 1.44 bits per heavy atom.